The summed E-state index contributed by atoms with van der Waals surface area (Å²) in [5.74, 6) is 1.62. The van der Waals surface area contributed by atoms with Crippen LogP contribution in [-0.4, -0.2) is 62.4 Å². The van der Waals surface area contributed by atoms with Gasteiger partial charge in [0.2, 0.25) is 0 Å². The van der Waals surface area contributed by atoms with Crippen LogP contribution in [0.1, 0.15) is 36.8 Å². The fourth-order valence-corrected chi connectivity index (χ4v) is 3.69. The first kappa shape index (κ1) is 26.4. The molecule has 8 heteroatoms. The molecule has 0 aromatic heterocycles. The molecule has 8 nitrogen and oxygen atoms in total. The van der Waals surface area contributed by atoms with Crippen LogP contribution in [0.5, 0.6) is 11.5 Å². The zero-order valence-electron chi connectivity index (χ0n) is 19.9. The molecule has 1 aliphatic rings. The molecule has 2 unspecified atom stereocenters. The minimum atomic E-state index is -1.07. The van der Waals surface area contributed by atoms with Gasteiger partial charge in [-0.15, -0.1) is 0 Å². The number of benzene rings is 2. The molecule has 2 N–H and O–H groups in total. The van der Waals surface area contributed by atoms with Crippen LogP contribution in [-0.2, 0) is 32.2 Å². The lowest BCUT2D eigenvalue weighted by molar-refractivity contribution is -0.332. The maximum Gasteiger partial charge on any atom is 0.181 e. The van der Waals surface area contributed by atoms with E-state index in [0.29, 0.717) is 52.1 Å². The molecule has 2 aromatic carbocycles. The third-order valence-electron chi connectivity index (χ3n) is 5.67. The Kier molecular flexibility index (Phi) is 11.1. The number of rotatable bonds is 14. The first-order valence-electron chi connectivity index (χ1n) is 11.7. The molecule has 4 atom stereocenters. The first-order chi connectivity index (χ1) is 16.6. The molecule has 1 aliphatic heterocycles. The Labute approximate surface area is 201 Å². The lowest BCUT2D eigenvalue weighted by atomic mass is 10.1. The number of methoxy groups -OCH3 is 2. The molecule has 0 amide bonds. The fourth-order valence-electron chi connectivity index (χ4n) is 3.69. The topological polar surface area (TPSA) is 95.8 Å². The molecule has 3 rings (SSSR count). The van der Waals surface area contributed by atoms with Crippen LogP contribution in [0.25, 0.3) is 0 Å². The van der Waals surface area contributed by atoms with Gasteiger partial charge in [-0.25, -0.2) is 0 Å². The zero-order valence-corrected chi connectivity index (χ0v) is 19.9. The Morgan fingerprint density at radius 1 is 0.647 bits per heavy atom. The van der Waals surface area contributed by atoms with Crippen LogP contribution in [0.4, 0.5) is 0 Å². The Hall–Kier alpha value is -2.20. The third-order valence-corrected chi connectivity index (χ3v) is 5.67. The third kappa shape index (κ3) is 8.54. The summed E-state index contributed by atoms with van der Waals surface area (Å²) < 4.78 is 32.9. The number of aliphatic hydroxyl groups excluding tert-OH is 2. The number of hydrogen-bond acceptors (Lipinski definition) is 8. The van der Waals surface area contributed by atoms with Gasteiger partial charge >= 0.3 is 0 Å². The lowest BCUT2D eigenvalue weighted by Gasteiger charge is -2.37. The molecule has 34 heavy (non-hydrogen) atoms. The summed E-state index contributed by atoms with van der Waals surface area (Å²) in [6, 6.07) is 15.4. The summed E-state index contributed by atoms with van der Waals surface area (Å²) in [5.41, 5.74) is 2.12. The highest BCUT2D eigenvalue weighted by Crippen LogP contribution is 2.24. The maximum atomic E-state index is 10.3. The van der Waals surface area contributed by atoms with E-state index in [1.54, 1.807) is 14.2 Å². The summed E-state index contributed by atoms with van der Waals surface area (Å²) >= 11 is 0. The lowest BCUT2D eigenvalue weighted by Crippen LogP contribution is -2.49. The van der Waals surface area contributed by atoms with Crippen molar-refractivity contribution in [2.75, 3.05) is 27.4 Å². The van der Waals surface area contributed by atoms with E-state index in [-0.39, 0.29) is 0 Å². The van der Waals surface area contributed by atoms with Gasteiger partial charge in [0.1, 0.15) is 23.7 Å². The van der Waals surface area contributed by atoms with Crippen LogP contribution in [0, 0.1) is 0 Å². The van der Waals surface area contributed by atoms with Crippen molar-refractivity contribution >= 4 is 0 Å². The van der Waals surface area contributed by atoms with Crippen molar-refractivity contribution in [2.45, 2.75) is 63.7 Å². The highest BCUT2D eigenvalue weighted by atomic mass is 16.7. The normalized spacial score (nSPS) is 22.5. The molecule has 2 aromatic rings. The van der Waals surface area contributed by atoms with E-state index in [1.807, 2.05) is 48.5 Å². The van der Waals surface area contributed by atoms with Crippen LogP contribution in [0.3, 0.4) is 0 Å². The zero-order chi connectivity index (χ0) is 24.2. The van der Waals surface area contributed by atoms with E-state index >= 15 is 0 Å². The molecule has 1 saturated heterocycles. The molecule has 0 bridgehead atoms. The Morgan fingerprint density at radius 3 is 1.38 bits per heavy atom. The summed E-state index contributed by atoms with van der Waals surface area (Å²) in [6.07, 6.45) is -0.901. The van der Waals surface area contributed by atoms with Gasteiger partial charge < -0.3 is 38.6 Å². The smallest absolute Gasteiger partial charge is 0.181 e. The van der Waals surface area contributed by atoms with Crippen molar-refractivity contribution in [2.24, 2.45) is 0 Å². The van der Waals surface area contributed by atoms with Gasteiger partial charge in [0, 0.05) is 13.2 Å². The van der Waals surface area contributed by atoms with Crippen LogP contribution >= 0.6 is 0 Å². The Balaban J connectivity index is 1.26. The predicted molar refractivity (Wildman–Crippen MR) is 126 cm³/mol. The van der Waals surface area contributed by atoms with Crippen LogP contribution in [0.15, 0.2) is 48.5 Å². The van der Waals surface area contributed by atoms with E-state index in [9.17, 15) is 10.2 Å². The van der Waals surface area contributed by atoms with Crippen LogP contribution < -0.4 is 9.47 Å². The quantitative estimate of drug-likeness (QED) is 0.401. The van der Waals surface area contributed by atoms with E-state index in [2.05, 4.69) is 0 Å². The fraction of sp³-hybridized carbons (Fsp3) is 0.538. The minimum absolute atomic E-state index is 0.500. The van der Waals surface area contributed by atoms with Gasteiger partial charge in [-0.05, 0) is 61.1 Å². The summed E-state index contributed by atoms with van der Waals surface area (Å²) in [6.45, 7) is 2.03. The highest BCUT2D eigenvalue weighted by Gasteiger charge is 2.36. The minimum Gasteiger partial charge on any atom is -0.497 e. The van der Waals surface area contributed by atoms with Crippen molar-refractivity contribution in [3.8, 4) is 11.5 Å². The average Bonchev–Trinajstić information content (AvgIpc) is 2.86. The van der Waals surface area contributed by atoms with Gasteiger partial charge in [0.25, 0.3) is 0 Å². The molecule has 0 saturated carbocycles. The van der Waals surface area contributed by atoms with Crippen molar-refractivity contribution in [1.29, 1.82) is 0 Å². The number of hydrogen-bond donors (Lipinski definition) is 2. The van der Waals surface area contributed by atoms with Crippen molar-refractivity contribution in [1.82, 2.24) is 0 Å². The molecular weight excluding hydrogens is 440 g/mol. The Morgan fingerprint density at radius 2 is 1.03 bits per heavy atom. The van der Waals surface area contributed by atoms with Gasteiger partial charge in [0.05, 0.1) is 27.4 Å². The van der Waals surface area contributed by atoms with E-state index in [1.165, 1.54) is 0 Å². The van der Waals surface area contributed by atoms with E-state index in [4.69, 9.17) is 28.4 Å². The molecule has 1 fully saturated rings. The van der Waals surface area contributed by atoms with Crippen molar-refractivity contribution in [3.05, 3.63) is 59.7 Å². The van der Waals surface area contributed by atoms with Gasteiger partial charge in [-0.3, -0.25) is 0 Å². The summed E-state index contributed by atoms with van der Waals surface area (Å²) in [4.78, 5) is 0. The second-order valence-electron chi connectivity index (χ2n) is 8.22. The highest BCUT2D eigenvalue weighted by molar-refractivity contribution is 5.27. The number of aliphatic hydroxyl groups is 2. The van der Waals surface area contributed by atoms with Gasteiger partial charge in [-0.1, -0.05) is 24.3 Å². The largest absolute Gasteiger partial charge is 0.497 e. The van der Waals surface area contributed by atoms with E-state index in [0.717, 1.165) is 22.6 Å². The summed E-state index contributed by atoms with van der Waals surface area (Å²) in [7, 11) is 3.27. The second-order valence-corrected chi connectivity index (χ2v) is 8.22. The second kappa shape index (κ2) is 14.3. The maximum absolute atomic E-state index is 10.3. The van der Waals surface area contributed by atoms with Crippen molar-refractivity contribution < 1.29 is 38.6 Å². The molecule has 188 valence electrons. The SMILES string of the molecule is COc1ccc(COCCC[C@H]2OC(O)[C@@H](CCCOCc3ccc(OC)cc3)OC2O)cc1. The van der Waals surface area contributed by atoms with Gasteiger partial charge in [-0.2, -0.15) is 0 Å². The monoisotopic (exact) mass is 476 g/mol. The molecule has 0 radical (unpaired) electrons. The molecule has 1 heterocycles. The van der Waals surface area contributed by atoms with Crippen molar-refractivity contribution in [3.63, 3.8) is 0 Å². The predicted octanol–water partition coefficient (Wildman–Crippen LogP) is 3.42. The molecule has 0 spiro atoms. The average molecular weight is 477 g/mol. The Bertz CT molecular complexity index is 741. The van der Waals surface area contributed by atoms with Gasteiger partial charge in [0.15, 0.2) is 12.6 Å². The van der Waals surface area contributed by atoms with E-state index < -0.39 is 24.8 Å². The standard InChI is InChI=1S/C26H36O8/c1-29-21-11-7-19(8-12-21)17-31-15-3-5-23-25(27)34-24(26(28)33-23)6-4-16-32-18-20-9-13-22(30-2)14-10-20/h7-14,23-28H,3-6,15-18H2,1-2H3/t23-,24-,25?,26?/m1/s1. The molecular formula is C26H36O8. The molecule has 0 aliphatic carbocycles. The first-order valence-corrected chi connectivity index (χ1v) is 11.7. The van der Waals surface area contributed by atoms with Crippen LogP contribution in [0.2, 0.25) is 0 Å². The number of ether oxygens (including phenoxy) is 6. The summed E-state index contributed by atoms with van der Waals surface area (Å²) in [5, 5.41) is 20.6.